The fourth-order valence-electron chi connectivity index (χ4n) is 2.70. The van der Waals surface area contributed by atoms with E-state index in [0.717, 1.165) is 31.5 Å². The fourth-order valence-corrected chi connectivity index (χ4v) is 2.70. The first-order chi connectivity index (χ1) is 8.31. The number of aromatic nitrogens is 1. The zero-order valence-electron chi connectivity index (χ0n) is 10.1. The molecule has 3 rings (SSSR count). The fraction of sp³-hybridized carbons (Fsp3) is 0.333. The van der Waals surface area contributed by atoms with E-state index in [9.17, 15) is 5.11 Å². The topological polar surface area (TPSA) is 25.2 Å². The highest BCUT2D eigenvalue weighted by Gasteiger charge is 2.15. The predicted octanol–water partition coefficient (Wildman–Crippen LogP) is 3.90. The Labute approximate surface area is 101 Å². The van der Waals surface area contributed by atoms with Crippen molar-refractivity contribution in [3.05, 3.63) is 41.6 Å². The third-order valence-corrected chi connectivity index (χ3v) is 3.60. The van der Waals surface area contributed by atoms with Crippen molar-refractivity contribution < 1.29 is 5.11 Å². The molecule has 0 aliphatic carbocycles. The summed E-state index contributed by atoms with van der Waals surface area (Å²) in [7, 11) is 0. The number of nitrogens with zero attached hydrogens (tertiary/aromatic N) is 1. The standard InChI is InChI=1S/C15H17NO/c1-2-11-6-5-7-13-12(11)10-14-15(17)8-3-4-9-16(13)14/h5-8,10,17H,2-4,9H2,1H3. The first-order valence-electron chi connectivity index (χ1n) is 6.32. The van der Waals surface area contributed by atoms with E-state index in [1.807, 2.05) is 6.08 Å². The monoisotopic (exact) mass is 227 g/mol. The molecule has 0 amide bonds. The van der Waals surface area contributed by atoms with Gasteiger partial charge in [-0.15, -0.1) is 0 Å². The number of allylic oxidation sites excluding steroid dienone is 1. The van der Waals surface area contributed by atoms with E-state index < -0.39 is 0 Å². The van der Waals surface area contributed by atoms with E-state index in [4.69, 9.17) is 0 Å². The molecule has 0 unspecified atom stereocenters. The van der Waals surface area contributed by atoms with Gasteiger partial charge in [0.1, 0.15) is 5.76 Å². The van der Waals surface area contributed by atoms with E-state index in [1.165, 1.54) is 16.5 Å². The molecule has 0 spiro atoms. The summed E-state index contributed by atoms with van der Waals surface area (Å²) in [6.07, 6.45) is 5.02. The van der Waals surface area contributed by atoms with Gasteiger partial charge in [-0.1, -0.05) is 19.1 Å². The Balaban J connectivity index is 2.33. The molecule has 1 aliphatic heterocycles. The highest BCUT2D eigenvalue weighted by Crippen LogP contribution is 2.29. The summed E-state index contributed by atoms with van der Waals surface area (Å²) in [6, 6.07) is 8.56. The Kier molecular flexibility index (Phi) is 2.43. The van der Waals surface area contributed by atoms with E-state index >= 15 is 0 Å². The third-order valence-electron chi connectivity index (χ3n) is 3.60. The molecule has 88 valence electrons. The first-order valence-corrected chi connectivity index (χ1v) is 6.32. The van der Waals surface area contributed by atoms with Gasteiger partial charge in [0.25, 0.3) is 0 Å². The largest absolute Gasteiger partial charge is 0.506 e. The summed E-state index contributed by atoms with van der Waals surface area (Å²) < 4.78 is 2.24. The second-order valence-electron chi connectivity index (χ2n) is 4.62. The Morgan fingerprint density at radius 3 is 3.06 bits per heavy atom. The van der Waals surface area contributed by atoms with Crippen LogP contribution in [0.1, 0.15) is 31.0 Å². The van der Waals surface area contributed by atoms with Gasteiger partial charge in [-0.2, -0.15) is 0 Å². The summed E-state index contributed by atoms with van der Waals surface area (Å²) in [5.41, 5.74) is 3.58. The average Bonchev–Trinajstić information content (AvgIpc) is 2.63. The maximum Gasteiger partial charge on any atom is 0.135 e. The molecule has 1 aliphatic rings. The molecule has 0 fully saturated rings. The smallest absolute Gasteiger partial charge is 0.135 e. The van der Waals surface area contributed by atoms with Gasteiger partial charge in [-0.3, -0.25) is 0 Å². The van der Waals surface area contributed by atoms with Gasteiger partial charge in [-0.25, -0.2) is 0 Å². The minimum Gasteiger partial charge on any atom is -0.506 e. The van der Waals surface area contributed by atoms with Crippen LogP contribution in [0.25, 0.3) is 16.7 Å². The van der Waals surface area contributed by atoms with E-state index in [1.54, 1.807) is 0 Å². The molecule has 1 aromatic carbocycles. The summed E-state index contributed by atoms with van der Waals surface area (Å²) in [5.74, 6) is 0.431. The number of aliphatic hydroxyl groups is 1. The average molecular weight is 227 g/mol. The number of hydrogen-bond acceptors (Lipinski definition) is 1. The molecule has 17 heavy (non-hydrogen) atoms. The maximum absolute atomic E-state index is 10.0. The van der Waals surface area contributed by atoms with Crippen molar-refractivity contribution in [3.63, 3.8) is 0 Å². The van der Waals surface area contributed by atoms with Crippen molar-refractivity contribution in [1.82, 2.24) is 4.57 Å². The lowest BCUT2D eigenvalue weighted by atomic mass is 10.1. The second kappa shape index (κ2) is 3.95. The number of aliphatic hydroxyl groups excluding tert-OH is 1. The van der Waals surface area contributed by atoms with Crippen LogP contribution >= 0.6 is 0 Å². The minimum absolute atomic E-state index is 0.431. The molecule has 1 N–H and O–H groups in total. The molecule has 2 aromatic rings. The maximum atomic E-state index is 10.0. The molecule has 0 saturated heterocycles. The Morgan fingerprint density at radius 2 is 2.24 bits per heavy atom. The third kappa shape index (κ3) is 1.55. The summed E-state index contributed by atoms with van der Waals surface area (Å²) in [4.78, 5) is 0. The number of aryl methyl sites for hydroxylation is 2. The van der Waals surface area contributed by atoms with Crippen molar-refractivity contribution >= 4 is 16.7 Å². The van der Waals surface area contributed by atoms with Crippen LogP contribution < -0.4 is 0 Å². The molecule has 2 heterocycles. The predicted molar refractivity (Wildman–Crippen MR) is 71.2 cm³/mol. The molecule has 0 bridgehead atoms. The van der Waals surface area contributed by atoms with Gasteiger partial charge in [0, 0.05) is 17.4 Å². The van der Waals surface area contributed by atoms with Gasteiger partial charge in [0.2, 0.25) is 0 Å². The van der Waals surface area contributed by atoms with Crippen LogP contribution in [0.4, 0.5) is 0 Å². The first kappa shape index (κ1) is 10.5. The minimum atomic E-state index is 0.431. The van der Waals surface area contributed by atoms with Gasteiger partial charge in [-0.05, 0) is 43.0 Å². The van der Waals surface area contributed by atoms with Gasteiger partial charge in [0.15, 0.2) is 0 Å². The van der Waals surface area contributed by atoms with Gasteiger partial charge >= 0.3 is 0 Å². The highest BCUT2D eigenvalue weighted by atomic mass is 16.3. The summed E-state index contributed by atoms with van der Waals surface area (Å²) >= 11 is 0. The molecule has 0 atom stereocenters. The van der Waals surface area contributed by atoms with Crippen LogP contribution in [-0.2, 0) is 13.0 Å². The zero-order chi connectivity index (χ0) is 11.8. The van der Waals surface area contributed by atoms with Crippen LogP contribution in [0.3, 0.4) is 0 Å². The molecule has 2 nitrogen and oxygen atoms in total. The molecule has 0 saturated carbocycles. The van der Waals surface area contributed by atoms with Gasteiger partial charge in [0.05, 0.1) is 5.69 Å². The SMILES string of the molecule is CCc1cccc2c1cc1n2CCCC=C1O. The van der Waals surface area contributed by atoms with E-state index in [-0.39, 0.29) is 0 Å². The second-order valence-corrected chi connectivity index (χ2v) is 4.62. The van der Waals surface area contributed by atoms with Crippen LogP contribution in [0.5, 0.6) is 0 Å². The number of fused-ring (bicyclic) bond motifs is 3. The van der Waals surface area contributed by atoms with Crippen molar-refractivity contribution in [3.8, 4) is 0 Å². The number of hydrogen-bond donors (Lipinski definition) is 1. The zero-order valence-corrected chi connectivity index (χ0v) is 10.1. The lowest BCUT2D eigenvalue weighted by Crippen LogP contribution is -1.99. The molecular formula is C15H17NO. The normalized spacial score (nSPS) is 15.5. The van der Waals surface area contributed by atoms with Crippen molar-refractivity contribution in [2.24, 2.45) is 0 Å². The number of rotatable bonds is 1. The molecule has 2 heteroatoms. The van der Waals surface area contributed by atoms with Crippen LogP contribution in [0.15, 0.2) is 30.3 Å². The summed E-state index contributed by atoms with van der Waals surface area (Å²) in [6.45, 7) is 3.17. The Hall–Kier alpha value is -1.70. The quantitative estimate of drug-likeness (QED) is 0.785. The molecule has 1 aromatic heterocycles. The van der Waals surface area contributed by atoms with Crippen molar-refractivity contribution in [2.45, 2.75) is 32.7 Å². The van der Waals surface area contributed by atoms with Crippen LogP contribution in [-0.4, -0.2) is 9.67 Å². The molecule has 0 radical (unpaired) electrons. The van der Waals surface area contributed by atoms with Crippen LogP contribution in [0, 0.1) is 0 Å². The lowest BCUT2D eigenvalue weighted by molar-refractivity contribution is 0.504. The Morgan fingerprint density at radius 1 is 1.35 bits per heavy atom. The lowest BCUT2D eigenvalue weighted by Gasteiger charge is -2.07. The molecular weight excluding hydrogens is 210 g/mol. The van der Waals surface area contributed by atoms with Crippen LogP contribution in [0.2, 0.25) is 0 Å². The van der Waals surface area contributed by atoms with Crippen molar-refractivity contribution in [2.75, 3.05) is 0 Å². The van der Waals surface area contributed by atoms with Crippen molar-refractivity contribution in [1.29, 1.82) is 0 Å². The number of benzene rings is 1. The van der Waals surface area contributed by atoms with E-state index in [2.05, 4.69) is 35.8 Å². The highest BCUT2D eigenvalue weighted by molar-refractivity contribution is 5.87. The summed E-state index contributed by atoms with van der Waals surface area (Å²) in [5, 5.41) is 11.3. The van der Waals surface area contributed by atoms with Gasteiger partial charge < -0.3 is 9.67 Å². The Bertz CT molecular complexity index is 592. The van der Waals surface area contributed by atoms with E-state index in [0.29, 0.717) is 5.76 Å².